The SMILES string of the molecule is COCC1CCN(c2cccc(F)c2CNCC(C)C)C1. The highest BCUT2D eigenvalue weighted by Gasteiger charge is 2.24. The van der Waals surface area contributed by atoms with Crippen molar-refractivity contribution in [2.24, 2.45) is 11.8 Å². The molecule has 1 unspecified atom stereocenters. The van der Waals surface area contributed by atoms with Gasteiger partial charge in [0, 0.05) is 43.9 Å². The van der Waals surface area contributed by atoms with Gasteiger partial charge in [0.05, 0.1) is 6.61 Å². The fraction of sp³-hybridized carbons (Fsp3) is 0.647. The van der Waals surface area contributed by atoms with Crippen LogP contribution in [0.25, 0.3) is 0 Å². The molecule has 1 aromatic carbocycles. The van der Waals surface area contributed by atoms with Crippen molar-refractivity contribution in [3.8, 4) is 0 Å². The monoisotopic (exact) mass is 294 g/mol. The Balaban J connectivity index is 2.07. The van der Waals surface area contributed by atoms with Crippen LogP contribution in [0.4, 0.5) is 10.1 Å². The van der Waals surface area contributed by atoms with Crippen LogP contribution in [0.15, 0.2) is 18.2 Å². The lowest BCUT2D eigenvalue weighted by Gasteiger charge is -2.23. The number of benzene rings is 1. The summed E-state index contributed by atoms with van der Waals surface area (Å²) >= 11 is 0. The van der Waals surface area contributed by atoms with Crippen molar-refractivity contribution in [3.63, 3.8) is 0 Å². The smallest absolute Gasteiger partial charge is 0.129 e. The molecule has 0 saturated carbocycles. The number of halogens is 1. The van der Waals surface area contributed by atoms with E-state index in [4.69, 9.17) is 4.74 Å². The first-order valence-electron chi connectivity index (χ1n) is 7.83. The van der Waals surface area contributed by atoms with Gasteiger partial charge in [-0.2, -0.15) is 0 Å². The van der Waals surface area contributed by atoms with E-state index in [0.717, 1.165) is 43.9 Å². The number of rotatable bonds is 7. The Morgan fingerprint density at radius 2 is 2.24 bits per heavy atom. The van der Waals surface area contributed by atoms with Gasteiger partial charge in [0.1, 0.15) is 5.82 Å². The number of nitrogens with one attached hydrogen (secondary N) is 1. The first kappa shape index (κ1) is 16.2. The molecule has 1 aromatic rings. The van der Waals surface area contributed by atoms with E-state index < -0.39 is 0 Å². The predicted molar refractivity (Wildman–Crippen MR) is 85.1 cm³/mol. The molecular formula is C17H27FN2O. The number of methoxy groups -OCH3 is 1. The van der Waals surface area contributed by atoms with Crippen molar-refractivity contribution in [1.82, 2.24) is 5.32 Å². The summed E-state index contributed by atoms with van der Waals surface area (Å²) in [7, 11) is 1.74. The average molecular weight is 294 g/mol. The van der Waals surface area contributed by atoms with Crippen LogP contribution in [-0.4, -0.2) is 33.4 Å². The number of hydrogen-bond acceptors (Lipinski definition) is 3. The summed E-state index contributed by atoms with van der Waals surface area (Å²) in [6, 6.07) is 5.39. The first-order chi connectivity index (χ1) is 10.1. The van der Waals surface area contributed by atoms with Crippen molar-refractivity contribution < 1.29 is 9.13 Å². The predicted octanol–water partition coefficient (Wildman–Crippen LogP) is 3.04. The van der Waals surface area contributed by atoms with E-state index >= 15 is 0 Å². The van der Waals surface area contributed by atoms with E-state index in [1.165, 1.54) is 0 Å². The number of anilines is 1. The Morgan fingerprint density at radius 1 is 1.43 bits per heavy atom. The summed E-state index contributed by atoms with van der Waals surface area (Å²) in [6.45, 7) is 8.53. The van der Waals surface area contributed by atoms with Crippen LogP contribution in [0.2, 0.25) is 0 Å². The molecule has 1 aliphatic heterocycles. The summed E-state index contributed by atoms with van der Waals surface area (Å²) in [5.41, 5.74) is 1.82. The van der Waals surface area contributed by atoms with Crippen molar-refractivity contribution in [1.29, 1.82) is 0 Å². The molecule has 1 fully saturated rings. The molecule has 2 rings (SSSR count). The normalized spacial score (nSPS) is 18.7. The van der Waals surface area contributed by atoms with Crippen molar-refractivity contribution in [2.45, 2.75) is 26.8 Å². The maximum absolute atomic E-state index is 14.2. The third-order valence-electron chi connectivity index (χ3n) is 3.98. The third-order valence-corrected chi connectivity index (χ3v) is 3.98. The lowest BCUT2D eigenvalue weighted by molar-refractivity contribution is 0.161. The molecule has 1 N–H and O–H groups in total. The van der Waals surface area contributed by atoms with Crippen LogP contribution >= 0.6 is 0 Å². The number of ether oxygens (including phenoxy) is 1. The van der Waals surface area contributed by atoms with Crippen LogP contribution in [0, 0.1) is 17.7 Å². The summed E-state index contributed by atoms with van der Waals surface area (Å²) < 4.78 is 19.4. The van der Waals surface area contributed by atoms with E-state index in [1.807, 2.05) is 6.07 Å². The van der Waals surface area contributed by atoms with Gasteiger partial charge in [-0.25, -0.2) is 4.39 Å². The van der Waals surface area contributed by atoms with Crippen LogP contribution in [0.5, 0.6) is 0 Å². The van der Waals surface area contributed by atoms with Gasteiger partial charge in [0.2, 0.25) is 0 Å². The van der Waals surface area contributed by atoms with Gasteiger partial charge >= 0.3 is 0 Å². The van der Waals surface area contributed by atoms with E-state index in [2.05, 4.69) is 24.1 Å². The molecule has 21 heavy (non-hydrogen) atoms. The van der Waals surface area contributed by atoms with Crippen molar-refractivity contribution in [2.75, 3.05) is 38.3 Å². The fourth-order valence-electron chi connectivity index (χ4n) is 2.93. The molecule has 4 heteroatoms. The highest BCUT2D eigenvalue weighted by Crippen LogP contribution is 2.28. The Morgan fingerprint density at radius 3 is 2.95 bits per heavy atom. The van der Waals surface area contributed by atoms with Gasteiger partial charge in [-0.15, -0.1) is 0 Å². The largest absolute Gasteiger partial charge is 0.384 e. The Kier molecular flexibility index (Phi) is 6.00. The minimum absolute atomic E-state index is 0.112. The highest BCUT2D eigenvalue weighted by atomic mass is 19.1. The second-order valence-corrected chi connectivity index (χ2v) is 6.32. The van der Waals surface area contributed by atoms with Crippen molar-refractivity contribution in [3.05, 3.63) is 29.6 Å². The summed E-state index contributed by atoms with van der Waals surface area (Å²) in [5.74, 6) is 1.01. The minimum Gasteiger partial charge on any atom is -0.384 e. The zero-order valence-electron chi connectivity index (χ0n) is 13.4. The molecule has 0 amide bonds. The molecule has 1 saturated heterocycles. The second-order valence-electron chi connectivity index (χ2n) is 6.32. The van der Waals surface area contributed by atoms with Gasteiger partial charge < -0.3 is 15.0 Å². The van der Waals surface area contributed by atoms with Crippen molar-refractivity contribution >= 4 is 5.69 Å². The molecule has 118 valence electrons. The molecule has 1 aliphatic rings. The Labute approximate surface area is 127 Å². The summed E-state index contributed by atoms with van der Waals surface area (Å²) in [6.07, 6.45) is 1.11. The zero-order chi connectivity index (χ0) is 15.2. The lowest BCUT2D eigenvalue weighted by atomic mass is 10.1. The minimum atomic E-state index is -0.112. The highest BCUT2D eigenvalue weighted by molar-refractivity contribution is 5.55. The van der Waals surface area contributed by atoms with Gasteiger partial charge in [-0.05, 0) is 31.0 Å². The maximum Gasteiger partial charge on any atom is 0.129 e. The summed E-state index contributed by atoms with van der Waals surface area (Å²) in [5, 5.41) is 3.35. The van der Waals surface area contributed by atoms with Gasteiger partial charge in [-0.1, -0.05) is 19.9 Å². The van der Waals surface area contributed by atoms with Crippen LogP contribution < -0.4 is 10.2 Å². The van der Waals surface area contributed by atoms with Crippen LogP contribution in [0.3, 0.4) is 0 Å². The molecule has 0 spiro atoms. The molecule has 0 aromatic heterocycles. The summed E-state index contributed by atoms with van der Waals surface area (Å²) in [4.78, 5) is 2.29. The van der Waals surface area contributed by atoms with Crippen LogP contribution in [-0.2, 0) is 11.3 Å². The van der Waals surface area contributed by atoms with E-state index in [0.29, 0.717) is 18.4 Å². The van der Waals surface area contributed by atoms with E-state index in [9.17, 15) is 4.39 Å². The van der Waals surface area contributed by atoms with Gasteiger partial charge in [0.25, 0.3) is 0 Å². The van der Waals surface area contributed by atoms with Crippen LogP contribution in [0.1, 0.15) is 25.8 Å². The van der Waals surface area contributed by atoms with Gasteiger partial charge in [-0.3, -0.25) is 0 Å². The molecule has 1 heterocycles. The lowest BCUT2D eigenvalue weighted by Crippen LogP contribution is -2.25. The van der Waals surface area contributed by atoms with E-state index in [-0.39, 0.29) is 5.82 Å². The standard InChI is InChI=1S/C17H27FN2O/c1-13(2)9-19-10-15-16(18)5-4-6-17(15)20-8-7-14(11-20)12-21-3/h4-6,13-14,19H,7-12H2,1-3H3. The Hall–Kier alpha value is -1.13. The number of nitrogens with zero attached hydrogens (tertiary/aromatic N) is 1. The third kappa shape index (κ3) is 4.42. The zero-order valence-corrected chi connectivity index (χ0v) is 13.4. The molecule has 1 atom stereocenters. The molecule has 0 aliphatic carbocycles. The maximum atomic E-state index is 14.2. The molecular weight excluding hydrogens is 267 g/mol. The molecule has 0 radical (unpaired) electrons. The fourth-order valence-corrected chi connectivity index (χ4v) is 2.93. The number of hydrogen-bond donors (Lipinski definition) is 1. The van der Waals surface area contributed by atoms with E-state index in [1.54, 1.807) is 19.2 Å². The quantitative estimate of drug-likeness (QED) is 0.836. The average Bonchev–Trinajstić information content (AvgIpc) is 2.89. The van der Waals surface area contributed by atoms with Gasteiger partial charge in [0.15, 0.2) is 0 Å². The second kappa shape index (κ2) is 7.76. The molecule has 3 nitrogen and oxygen atoms in total. The first-order valence-corrected chi connectivity index (χ1v) is 7.83. The Bertz CT molecular complexity index is 450. The topological polar surface area (TPSA) is 24.5 Å². The molecule has 0 bridgehead atoms.